The van der Waals surface area contributed by atoms with Crippen LogP contribution in [0.5, 0.6) is 0 Å². The molecule has 2 amide bonds. The highest BCUT2D eigenvalue weighted by Gasteiger charge is 2.29. The van der Waals surface area contributed by atoms with Gasteiger partial charge >= 0.3 is 6.03 Å². The number of imidazole rings is 1. The number of aromatic nitrogens is 2. The molecule has 1 saturated heterocycles. The molecule has 0 radical (unpaired) electrons. The molecule has 1 aromatic carbocycles. The van der Waals surface area contributed by atoms with Crippen molar-refractivity contribution in [1.82, 2.24) is 14.3 Å². The molecule has 4 rings (SSSR count). The van der Waals surface area contributed by atoms with E-state index in [1.54, 1.807) is 24.7 Å². The van der Waals surface area contributed by atoms with Crippen molar-refractivity contribution in [1.29, 1.82) is 0 Å². The zero-order chi connectivity index (χ0) is 19.8. The number of pyridine rings is 1. The van der Waals surface area contributed by atoms with Gasteiger partial charge in [-0.3, -0.25) is 9.72 Å². The van der Waals surface area contributed by atoms with Gasteiger partial charge in [0, 0.05) is 32.4 Å². The Bertz CT molecular complexity index is 1030. The Kier molecular flexibility index (Phi) is 4.62. The molecule has 3 aromatic rings. The molecule has 1 unspecified atom stereocenters. The molecule has 146 valence electrons. The van der Waals surface area contributed by atoms with E-state index in [9.17, 15) is 13.6 Å². The first-order chi connectivity index (χ1) is 13.4. The van der Waals surface area contributed by atoms with Gasteiger partial charge in [0.1, 0.15) is 23.1 Å². The fourth-order valence-corrected chi connectivity index (χ4v) is 3.62. The van der Waals surface area contributed by atoms with Crippen molar-refractivity contribution < 1.29 is 13.6 Å². The van der Waals surface area contributed by atoms with E-state index in [2.05, 4.69) is 15.2 Å². The van der Waals surface area contributed by atoms with E-state index in [0.29, 0.717) is 17.0 Å². The van der Waals surface area contributed by atoms with Crippen LogP contribution < -0.4 is 10.2 Å². The zero-order valence-corrected chi connectivity index (χ0v) is 15.7. The summed E-state index contributed by atoms with van der Waals surface area (Å²) < 4.78 is 29.8. The van der Waals surface area contributed by atoms with E-state index in [0.717, 1.165) is 31.1 Å². The lowest BCUT2D eigenvalue weighted by molar-refractivity contribution is 0.230. The minimum atomic E-state index is -0.443. The molecule has 1 fully saturated rings. The van der Waals surface area contributed by atoms with Gasteiger partial charge in [0.05, 0.1) is 17.9 Å². The maximum absolute atomic E-state index is 14.3. The lowest BCUT2D eigenvalue weighted by Gasteiger charge is -2.27. The molecule has 1 aliphatic heterocycles. The summed E-state index contributed by atoms with van der Waals surface area (Å²) in [4.78, 5) is 19.8. The standard InChI is InChI=1S/C20H21F2N5O/c1-25(2)20(28)24-19-11-23-18-8-6-14(12-27(18)19)26-9-3-4-17(26)15-10-13(21)5-7-16(15)22/h5-8,10-12,17H,3-4,9H2,1-2H3,(H,24,28). The zero-order valence-electron chi connectivity index (χ0n) is 15.7. The number of carbonyl (C=O) groups excluding carboxylic acids is 1. The monoisotopic (exact) mass is 385 g/mol. The Morgan fingerprint density at radius 2 is 2.07 bits per heavy atom. The molecule has 8 heteroatoms. The molecule has 2 aromatic heterocycles. The van der Waals surface area contributed by atoms with Crippen LogP contribution in [0, 0.1) is 11.6 Å². The van der Waals surface area contributed by atoms with Gasteiger partial charge in [-0.15, -0.1) is 0 Å². The molecule has 0 spiro atoms. The quantitative estimate of drug-likeness (QED) is 0.740. The largest absolute Gasteiger partial charge is 0.363 e. The minimum absolute atomic E-state index is 0.239. The van der Waals surface area contributed by atoms with E-state index in [1.165, 1.54) is 17.0 Å². The number of rotatable bonds is 3. The van der Waals surface area contributed by atoms with E-state index < -0.39 is 11.6 Å². The lowest BCUT2D eigenvalue weighted by Crippen LogP contribution is -2.28. The molecule has 0 aliphatic carbocycles. The molecule has 28 heavy (non-hydrogen) atoms. The summed E-state index contributed by atoms with van der Waals surface area (Å²) in [5, 5.41) is 2.80. The molecule has 3 heterocycles. The van der Waals surface area contributed by atoms with Crippen molar-refractivity contribution in [3.05, 3.63) is 59.9 Å². The summed E-state index contributed by atoms with van der Waals surface area (Å²) in [6, 6.07) is 6.85. The highest BCUT2D eigenvalue weighted by Crippen LogP contribution is 2.37. The average molecular weight is 385 g/mol. The lowest BCUT2D eigenvalue weighted by atomic mass is 10.0. The number of hydrogen-bond donors (Lipinski definition) is 1. The van der Waals surface area contributed by atoms with Crippen LogP contribution in [-0.2, 0) is 0 Å². The van der Waals surface area contributed by atoms with E-state index in [4.69, 9.17) is 0 Å². The number of benzene rings is 1. The van der Waals surface area contributed by atoms with Crippen LogP contribution in [0.25, 0.3) is 5.65 Å². The average Bonchev–Trinajstić information content (AvgIpc) is 3.30. The van der Waals surface area contributed by atoms with Crippen molar-refractivity contribution in [2.75, 3.05) is 30.9 Å². The summed E-state index contributed by atoms with van der Waals surface area (Å²) in [5.41, 5.74) is 1.91. The molecule has 6 nitrogen and oxygen atoms in total. The highest BCUT2D eigenvalue weighted by atomic mass is 19.1. The maximum atomic E-state index is 14.3. The van der Waals surface area contributed by atoms with E-state index >= 15 is 0 Å². The smallest absolute Gasteiger partial charge is 0.322 e. The molecule has 1 atom stereocenters. The Morgan fingerprint density at radius 3 is 2.86 bits per heavy atom. The van der Waals surface area contributed by atoms with Gasteiger partial charge in [-0.25, -0.2) is 18.6 Å². The predicted octanol–water partition coefficient (Wildman–Crippen LogP) is 4.05. The fourth-order valence-electron chi connectivity index (χ4n) is 3.62. The molecule has 1 aliphatic rings. The third kappa shape index (κ3) is 3.26. The minimum Gasteiger partial charge on any atom is -0.363 e. The normalized spacial score (nSPS) is 16.6. The number of nitrogens with zero attached hydrogens (tertiary/aromatic N) is 4. The van der Waals surface area contributed by atoms with Crippen molar-refractivity contribution in [2.45, 2.75) is 18.9 Å². The molecular weight excluding hydrogens is 364 g/mol. The number of carbonyl (C=O) groups is 1. The second-order valence-electron chi connectivity index (χ2n) is 7.10. The fraction of sp³-hybridized carbons (Fsp3) is 0.300. The molecule has 0 saturated carbocycles. The van der Waals surface area contributed by atoms with E-state index in [-0.39, 0.29) is 12.1 Å². The summed E-state index contributed by atoms with van der Waals surface area (Å²) >= 11 is 0. The molecular formula is C20H21F2N5O. The maximum Gasteiger partial charge on any atom is 0.322 e. The number of nitrogens with one attached hydrogen (secondary N) is 1. The third-order valence-electron chi connectivity index (χ3n) is 5.03. The van der Waals surface area contributed by atoms with Crippen molar-refractivity contribution >= 4 is 23.2 Å². The Labute approximate surface area is 161 Å². The van der Waals surface area contributed by atoms with Crippen LogP contribution in [0.2, 0.25) is 0 Å². The van der Waals surface area contributed by atoms with Gasteiger partial charge in [-0.05, 0) is 43.2 Å². The number of amides is 2. The highest BCUT2D eigenvalue weighted by molar-refractivity contribution is 5.88. The Hall–Kier alpha value is -3.16. The summed E-state index contributed by atoms with van der Waals surface area (Å²) in [6.45, 7) is 0.736. The van der Waals surface area contributed by atoms with Crippen LogP contribution in [0.15, 0.2) is 42.7 Å². The van der Waals surface area contributed by atoms with Crippen molar-refractivity contribution in [2.24, 2.45) is 0 Å². The number of halogens is 2. The second kappa shape index (κ2) is 7.10. The topological polar surface area (TPSA) is 52.9 Å². The third-order valence-corrected chi connectivity index (χ3v) is 5.03. The summed E-state index contributed by atoms with van der Waals surface area (Å²) in [5.74, 6) is -0.300. The number of fused-ring (bicyclic) bond motifs is 1. The van der Waals surface area contributed by atoms with Gasteiger partial charge in [0.25, 0.3) is 0 Å². The van der Waals surface area contributed by atoms with Gasteiger partial charge in [-0.2, -0.15) is 0 Å². The van der Waals surface area contributed by atoms with E-state index in [1.807, 2.05) is 18.3 Å². The second-order valence-corrected chi connectivity index (χ2v) is 7.10. The predicted molar refractivity (Wildman–Crippen MR) is 104 cm³/mol. The number of hydrogen-bond acceptors (Lipinski definition) is 3. The molecule has 0 bridgehead atoms. The summed E-state index contributed by atoms with van der Waals surface area (Å²) in [7, 11) is 3.32. The molecule has 1 N–H and O–H groups in total. The Balaban J connectivity index is 1.70. The first-order valence-electron chi connectivity index (χ1n) is 9.11. The van der Waals surface area contributed by atoms with Crippen LogP contribution in [-0.4, -0.2) is 41.0 Å². The van der Waals surface area contributed by atoms with Crippen molar-refractivity contribution in [3.8, 4) is 0 Å². The van der Waals surface area contributed by atoms with Gasteiger partial charge < -0.3 is 9.80 Å². The Morgan fingerprint density at radius 1 is 1.25 bits per heavy atom. The van der Waals surface area contributed by atoms with Crippen LogP contribution >= 0.6 is 0 Å². The van der Waals surface area contributed by atoms with Gasteiger partial charge in [0.15, 0.2) is 0 Å². The van der Waals surface area contributed by atoms with Crippen molar-refractivity contribution in [3.63, 3.8) is 0 Å². The van der Waals surface area contributed by atoms with Crippen LogP contribution in [0.1, 0.15) is 24.4 Å². The summed E-state index contributed by atoms with van der Waals surface area (Å²) in [6.07, 6.45) is 5.08. The van der Waals surface area contributed by atoms with Gasteiger partial charge in [-0.1, -0.05) is 0 Å². The van der Waals surface area contributed by atoms with Crippen LogP contribution in [0.4, 0.5) is 25.1 Å². The van der Waals surface area contributed by atoms with Crippen LogP contribution in [0.3, 0.4) is 0 Å². The van der Waals surface area contributed by atoms with Gasteiger partial charge in [0.2, 0.25) is 0 Å². The first-order valence-corrected chi connectivity index (χ1v) is 9.11. The number of urea groups is 1. The first kappa shape index (κ1) is 18.2. The SMILES string of the molecule is CN(C)C(=O)Nc1cnc2ccc(N3CCCC3c3cc(F)ccc3F)cn12. The number of anilines is 2.